The summed E-state index contributed by atoms with van der Waals surface area (Å²) in [5.41, 5.74) is 0.435. The Kier molecular flexibility index (Phi) is 6.42. The molecule has 1 aromatic carbocycles. The second-order valence-corrected chi connectivity index (χ2v) is 8.15. The summed E-state index contributed by atoms with van der Waals surface area (Å²) in [7, 11) is 0. The lowest BCUT2D eigenvalue weighted by atomic mass is 10.2. The molecular formula is C22H29N5O3. The molecule has 0 saturated carbocycles. The quantitative estimate of drug-likeness (QED) is 0.748. The van der Waals surface area contributed by atoms with Gasteiger partial charge in [0, 0.05) is 39.3 Å². The third-order valence-corrected chi connectivity index (χ3v) is 6.08. The number of carbonyl (C=O) groups excluding carboxylic acids is 2. The number of likely N-dealkylation sites (tertiary alicyclic amines) is 1. The molecule has 3 heterocycles. The summed E-state index contributed by atoms with van der Waals surface area (Å²) < 4.78 is 1.37. The van der Waals surface area contributed by atoms with Gasteiger partial charge in [-0.3, -0.25) is 23.9 Å². The van der Waals surface area contributed by atoms with Crippen LogP contribution >= 0.6 is 0 Å². The van der Waals surface area contributed by atoms with Crippen LogP contribution in [0.5, 0.6) is 0 Å². The van der Waals surface area contributed by atoms with E-state index < -0.39 is 0 Å². The molecule has 0 N–H and O–H groups in total. The van der Waals surface area contributed by atoms with E-state index in [1.807, 2.05) is 11.0 Å². The van der Waals surface area contributed by atoms with Crippen molar-refractivity contribution in [1.29, 1.82) is 0 Å². The van der Waals surface area contributed by atoms with Crippen molar-refractivity contribution < 1.29 is 9.59 Å². The highest BCUT2D eigenvalue weighted by atomic mass is 16.2. The Labute approximate surface area is 176 Å². The summed E-state index contributed by atoms with van der Waals surface area (Å²) in [6.45, 7) is 4.65. The van der Waals surface area contributed by atoms with Gasteiger partial charge in [-0.2, -0.15) is 0 Å². The van der Waals surface area contributed by atoms with E-state index in [9.17, 15) is 14.4 Å². The number of nitrogens with zero attached hydrogens (tertiary/aromatic N) is 5. The number of aromatic nitrogens is 2. The number of hydrogen-bond donors (Lipinski definition) is 0. The summed E-state index contributed by atoms with van der Waals surface area (Å²) >= 11 is 0. The fraction of sp³-hybridized carbons (Fsp3) is 0.545. The number of carbonyl (C=O) groups is 2. The smallest absolute Gasteiger partial charge is 0.261 e. The van der Waals surface area contributed by atoms with E-state index in [0.717, 1.165) is 25.9 Å². The minimum Gasteiger partial charge on any atom is -0.342 e. The maximum Gasteiger partial charge on any atom is 0.261 e. The first kappa shape index (κ1) is 20.5. The molecule has 30 heavy (non-hydrogen) atoms. The lowest BCUT2D eigenvalue weighted by Crippen LogP contribution is -2.52. The first-order valence-corrected chi connectivity index (χ1v) is 10.8. The van der Waals surface area contributed by atoms with Crippen molar-refractivity contribution in [3.05, 3.63) is 40.9 Å². The molecule has 0 radical (unpaired) electrons. The average molecular weight is 412 g/mol. The van der Waals surface area contributed by atoms with Gasteiger partial charge in [0.2, 0.25) is 11.8 Å². The number of hydrogen-bond acceptors (Lipinski definition) is 5. The molecule has 2 fully saturated rings. The maximum atomic E-state index is 12.7. The second-order valence-electron chi connectivity index (χ2n) is 8.15. The topological polar surface area (TPSA) is 78.8 Å². The molecule has 8 heteroatoms. The number of amides is 2. The first-order chi connectivity index (χ1) is 14.6. The number of piperazine rings is 1. The molecule has 0 spiro atoms. The maximum absolute atomic E-state index is 12.7. The minimum absolute atomic E-state index is 0.0105. The van der Waals surface area contributed by atoms with Crippen LogP contribution in [0.15, 0.2) is 35.4 Å². The van der Waals surface area contributed by atoms with E-state index in [0.29, 0.717) is 43.6 Å². The van der Waals surface area contributed by atoms with Crippen LogP contribution in [0.1, 0.15) is 25.7 Å². The van der Waals surface area contributed by atoms with E-state index >= 15 is 0 Å². The Bertz CT molecular complexity index is 957. The van der Waals surface area contributed by atoms with E-state index in [-0.39, 0.29) is 23.9 Å². The highest BCUT2D eigenvalue weighted by Crippen LogP contribution is 2.11. The van der Waals surface area contributed by atoms with Crippen molar-refractivity contribution in [3.63, 3.8) is 0 Å². The fourth-order valence-corrected chi connectivity index (χ4v) is 4.23. The lowest BCUT2D eigenvalue weighted by molar-refractivity contribution is -0.135. The van der Waals surface area contributed by atoms with Crippen molar-refractivity contribution in [2.24, 2.45) is 0 Å². The fourth-order valence-electron chi connectivity index (χ4n) is 4.23. The van der Waals surface area contributed by atoms with Crippen LogP contribution in [0.2, 0.25) is 0 Å². The van der Waals surface area contributed by atoms with Gasteiger partial charge in [0.05, 0.1) is 23.8 Å². The number of benzene rings is 1. The summed E-state index contributed by atoms with van der Waals surface area (Å²) in [5.74, 6) is 0.109. The predicted octanol–water partition coefficient (Wildman–Crippen LogP) is 0.943. The minimum atomic E-state index is -0.198. The molecule has 0 atom stereocenters. The third kappa shape index (κ3) is 4.70. The summed E-state index contributed by atoms with van der Waals surface area (Å²) in [4.78, 5) is 48.1. The van der Waals surface area contributed by atoms with Gasteiger partial charge in [-0.05, 0) is 25.0 Å². The Morgan fingerprint density at radius 3 is 2.17 bits per heavy atom. The van der Waals surface area contributed by atoms with Crippen LogP contribution in [0, 0.1) is 0 Å². The molecule has 2 aliphatic rings. The molecule has 1 aromatic heterocycles. The number of rotatable bonds is 4. The molecule has 8 nitrogen and oxygen atoms in total. The Morgan fingerprint density at radius 1 is 0.800 bits per heavy atom. The normalized spacial score (nSPS) is 18.4. The van der Waals surface area contributed by atoms with Crippen LogP contribution in [0.3, 0.4) is 0 Å². The van der Waals surface area contributed by atoms with Crippen LogP contribution in [-0.2, 0) is 16.1 Å². The van der Waals surface area contributed by atoms with E-state index in [1.165, 1.54) is 23.7 Å². The molecule has 0 bridgehead atoms. The van der Waals surface area contributed by atoms with Crippen LogP contribution in [0.4, 0.5) is 0 Å². The van der Waals surface area contributed by atoms with Gasteiger partial charge in [0.1, 0.15) is 6.54 Å². The Morgan fingerprint density at radius 2 is 1.43 bits per heavy atom. The predicted molar refractivity (Wildman–Crippen MR) is 114 cm³/mol. The molecule has 4 rings (SSSR count). The Hall–Kier alpha value is -2.74. The largest absolute Gasteiger partial charge is 0.342 e. The summed E-state index contributed by atoms with van der Waals surface area (Å²) in [6.07, 6.45) is 6.05. The van der Waals surface area contributed by atoms with Gasteiger partial charge in [0.15, 0.2) is 0 Å². The molecule has 2 aromatic rings. The van der Waals surface area contributed by atoms with Crippen molar-refractivity contribution in [2.75, 3.05) is 45.8 Å². The molecule has 160 valence electrons. The van der Waals surface area contributed by atoms with Crippen LogP contribution in [0.25, 0.3) is 10.9 Å². The second kappa shape index (κ2) is 9.38. The van der Waals surface area contributed by atoms with Crippen molar-refractivity contribution in [2.45, 2.75) is 32.2 Å². The Balaban J connectivity index is 1.30. The standard InChI is InChI=1S/C22H29N5O3/c28-20(25-9-5-1-2-6-10-25)15-24-11-13-26(14-12-24)21(29)16-27-17-23-19-8-4-3-7-18(19)22(27)30/h3-4,7-8,17H,1-2,5-6,9-16H2. The van der Waals surface area contributed by atoms with Crippen molar-refractivity contribution in [3.8, 4) is 0 Å². The molecule has 2 saturated heterocycles. The zero-order chi connectivity index (χ0) is 20.9. The number of para-hydroxylation sites is 1. The lowest BCUT2D eigenvalue weighted by Gasteiger charge is -2.35. The van der Waals surface area contributed by atoms with Crippen LogP contribution < -0.4 is 5.56 Å². The molecule has 2 amide bonds. The van der Waals surface area contributed by atoms with Gasteiger partial charge < -0.3 is 9.80 Å². The highest BCUT2D eigenvalue weighted by molar-refractivity contribution is 5.79. The zero-order valence-electron chi connectivity index (χ0n) is 17.3. The van der Waals surface area contributed by atoms with Gasteiger partial charge in [-0.15, -0.1) is 0 Å². The third-order valence-electron chi connectivity index (χ3n) is 6.08. The van der Waals surface area contributed by atoms with E-state index in [4.69, 9.17) is 0 Å². The van der Waals surface area contributed by atoms with Crippen molar-refractivity contribution in [1.82, 2.24) is 24.3 Å². The van der Waals surface area contributed by atoms with Crippen LogP contribution in [-0.4, -0.2) is 81.9 Å². The average Bonchev–Trinajstić information content (AvgIpc) is 3.06. The molecular weight excluding hydrogens is 382 g/mol. The highest BCUT2D eigenvalue weighted by Gasteiger charge is 2.25. The van der Waals surface area contributed by atoms with E-state index in [1.54, 1.807) is 23.1 Å². The van der Waals surface area contributed by atoms with Gasteiger partial charge in [-0.1, -0.05) is 25.0 Å². The first-order valence-electron chi connectivity index (χ1n) is 10.8. The van der Waals surface area contributed by atoms with E-state index in [2.05, 4.69) is 9.88 Å². The zero-order valence-corrected chi connectivity index (χ0v) is 17.3. The van der Waals surface area contributed by atoms with Gasteiger partial charge in [0.25, 0.3) is 5.56 Å². The van der Waals surface area contributed by atoms with Gasteiger partial charge >= 0.3 is 0 Å². The number of fused-ring (bicyclic) bond motifs is 1. The summed E-state index contributed by atoms with van der Waals surface area (Å²) in [6, 6.07) is 7.14. The van der Waals surface area contributed by atoms with Crippen molar-refractivity contribution >= 4 is 22.7 Å². The molecule has 2 aliphatic heterocycles. The summed E-state index contributed by atoms with van der Waals surface area (Å²) in [5, 5.41) is 0.518. The molecule has 0 aliphatic carbocycles. The van der Waals surface area contributed by atoms with Gasteiger partial charge in [-0.25, -0.2) is 4.98 Å². The SMILES string of the molecule is O=C(CN1CCN(C(=O)Cn2cnc3ccccc3c2=O)CC1)N1CCCCCC1. The molecule has 0 unspecified atom stereocenters. The monoisotopic (exact) mass is 411 g/mol.